The van der Waals surface area contributed by atoms with E-state index in [1.165, 1.54) is 44.5 Å². The van der Waals surface area contributed by atoms with Gasteiger partial charge in [0.1, 0.15) is 28.9 Å². The molecule has 3 N–H and O–H groups in total. The number of hydrogen-bond acceptors (Lipinski definition) is 6. The van der Waals surface area contributed by atoms with E-state index in [0.29, 0.717) is 5.69 Å². The standard InChI is InChI=1S/C26H23F3N4O5/c1-14(37-2)23(34)33-22-11-17(7-10-30-22)38-21-13-18(28)20(12-19(21)29)32-25(36)26(8-9-26)24(35)31-16-5-3-15(27)4-6-16/h3-7,10-14H,8-9H2,1-2H3,(H,31,35)(H,32,36)(H,30,33,34)/t14-/m0/s1. The number of carbonyl (C=O) groups excluding carboxylic acids is 3. The number of halogens is 3. The second-order valence-electron chi connectivity index (χ2n) is 8.61. The van der Waals surface area contributed by atoms with E-state index in [1.807, 2.05) is 0 Å². The van der Waals surface area contributed by atoms with Crippen molar-refractivity contribution in [2.45, 2.75) is 25.9 Å². The van der Waals surface area contributed by atoms with E-state index in [2.05, 4.69) is 20.9 Å². The zero-order valence-corrected chi connectivity index (χ0v) is 20.3. The first-order chi connectivity index (χ1) is 18.1. The lowest BCUT2D eigenvalue weighted by atomic mass is 10.0. The number of rotatable bonds is 9. The van der Waals surface area contributed by atoms with Crippen molar-refractivity contribution in [2.75, 3.05) is 23.1 Å². The fourth-order valence-electron chi connectivity index (χ4n) is 3.42. The minimum absolute atomic E-state index is 0.0600. The topological polar surface area (TPSA) is 119 Å². The third-order valence-electron chi connectivity index (χ3n) is 5.92. The molecule has 0 aliphatic heterocycles. The molecule has 1 heterocycles. The van der Waals surface area contributed by atoms with Crippen molar-refractivity contribution in [1.82, 2.24) is 4.98 Å². The second kappa shape index (κ2) is 10.9. The lowest BCUT2D eigenvalue weighted by molar-refractivity contribution is -0.131. The molecule has 1 aromatic heterocycles. The van der Waals surface area contributed by atoms with Crippen LogP contribution < -0.4 is 20.7 Å². The summed E-state index contributed by atoms with van der Waals surface area (Å²) in [7, 11) is 1.37. The second-order valence-corrected chi connectivity index (χ2v) is 8.61. The largest absolute Gasteiger partial charge is 0.454 e. The number of nitrogens with zero attached hydrogens (tertiary/aromatic N) is 1. The quantitative estimate of drug-likeness (QED) is 0.349. The van der Waals surface area contributed by atoms with E-state index in [1.54, 1.807) is 0 Å². The van der Waals surface area contributed by atoms with Crippen LogP contribution in [0.4, 0.5) is 30.4 Å². The summed E-state index contributed by atoms with van der Waals surface area (Å²) < 4.78 is 53.0. The maximum atomic E-state index is 14.8. The van der Waals surface area contributed by atoms with Crippen molar-refractivity contribution in [1.29, 1.82) is 0 Å². The third kappa shape index (κ3) is 5.92. The number of benzene rings is 2. The monoisotopic (exact) mass is 528 g/mol. The van der Waals surface area contributed by atoms with Gasteiger partial charge in [-0.1, -0.05) is 0 Å². The summed E-state index contributed by atoms with van der Waals surface area (Å²) in [6.45, 7) is 1.54. The number of hydrogen-bond donors (Lipinski definition) is 3. The van der Waals surface area contributed by atoms with Crippen molar-refractivity contribution < 1.29 is 37.0 Å². The van der Waals surface area contributed by atoms with Crippen LogP contribution >= 0.6 is 0 Å². The molecule has 1 fully saturated rings. The van der Waals surface area contributed by atoms with Gasteiger partial charge in [-0.2, -0.15) is 0 Å². The van der Waals surface area contributed by atoms with Gasteiger partial charge >= 0.3 is 0 Å². The number of pyridine rings is 1. The first-order valence-corrected chi connectivity index (χ1v) is 11.5. The lowest BCUT2D eigenvalue weighted by Crippen LogP contribution is -2.35. The van der Waals surface area contributed by atoms with Gasteiger partial charge in [-0.05, 0) is 50.1 Å². The van der Waals surface area contributed by atoms with E-state index in [4.69, 9.17) is 9.47 Å². The van der Waals surface area contributed by atoms with Crippen molar-refractivity contribution in [3.63, 3.8) is 0 Å². The molecule has 3 amide bonds. The molecule has 0 spiro atoms. The molecule has 0 unspecified atom stereocenters. The Morgan fingerprint density at radius 3 is 2.26 bits per heavy atom. The van der Waals surface area contributed by atoms with Crippen molar-refractivity contribution in [3.8, 4) is 11.5 Å². The number of nitrogens with one attached hydrogen (secondary N) is 3. The molecule has 4 rings (SSSR count). The van der Waals surface area contributed by atoms with Gasteiger partial charge in [-0.3, -0.25) is 14.4 Å². The van der Waals surface area contributed by atoms with E-state index >= 15 is 0 Å². The van der Waals surface area contributed by atoms with Crippen LogP contribution in [0.2, 0.25) is 0 Å². The SMILES string of the molecule is CO[C@@H](C)C(=O)Nc1cc(Oc2cc(F)c(NC(=O)C3(C(=O)Nc4ccc(F)cc4)CC3)cc2F)ccn1. The van der Waals surface area contributed by atoms with E-state index in [0.717, 1.165) is 24.3 Å². The number of aromatic nitrogens is 1. The van der Waals surface area contributed by atoms with Crippen LogP contribution in [0.1, 0.15) is 19.8 Å². The van der Waals surface area contributed by atoms with Crippen LogP contribution in [0.5, 0.6) is 11.5 Å². The van der Waals surface area contributed by atoms with Crippen LogP contribution in [-0.4, -0.2) is 35.9 Å². The van der Waals surface area contributed by atoms with Gasteiger partial charge in [-0.15, -0.1) is 0 Å². The average molecular weight is 528 g/mol. The Kier molecular flexibility index (Phi) is 7.62. The lowest BCUT2D eigenvalue weighted by Gasteiger charge is -2.16. The van der Waals surface area contributed by atoms with Crippen molar-refractivity contribution in [3.05, 3.63) is 72.2 Å². The van der Waals surface area contributed by atoms with Gasteiger partial charge < -0.3 is 25.4 Å². The molecular weight excluding hydrogens is 505 g/mol. The van der Waals surface area contributed by atoms with E-state index in [-0.39, 0.29) is 24.4 Å². The van der Waals surface area contributed by atoms with Gasteiger partial charge in [-0.25, -0.2) is 18.2 Å². The molecule has 2 aromatic carbocycles. The Morgan fingerprint density at radius 2 is 1.61 bits per heavy atom. The molecular formula is C26H23F3N4O5. The molecule has 3 aromatic rings. The average Bonchev–Trinajstić information content (AvgIpc) is 3.70. The van der Waals surface area contributed by atoms with E-state index < -0.39 is 58.1 Å². The summed E-state index contributed by atoms with van der Waals surface area (Å²) in [6, 6.07) is 9.16. The maximum absolute atomic E-state index is 14.8. The molecule has 9 nitrogen and oxygen atoms in total. The molecule has 1 aliphatic carbocycles. The number of ether oxygens (including phenoxy) is 2. The maximum Gasteiger partial charge on any atom is 0.254 e. The van der Waals surface area contributed by atoms with Crippen LogP contribution in [-0.2, 0) is 19.1 Å². The summed E-state index contributed by atoms with van der Waals surface area (Å²) >= 11 is 0. The highest BCUT2D eigenvalue weighted by Gasteiger charge is 2.56. The molecule has 198 valence electrons. The fraction of sp³-hybridized carbons (Fsp3) is 0.231. The first-order valence-electron chi connectivity index (χ1n) is 11.5. The predicted molar refractivity (Wildman–Crippen MR) is 131 cm³/mol. The highest BCUT2D eigenvalue weighted by Crippen LogP contribution is 2.47. The number of carbonyl (C=O) groups is 3. The van der Waals surface area contributed by atoms with Gasteiger partial charge in [0.25, 0.3) is 5.91 Å². The van der Waals surface area contributed by atoms with Gasteiger partial charge in [0, 0.05) is 37.2 Å². The Labute approximate surface area is 215 Å². The van der Waals surface area contributed by atoms with Crippen LogP contribution in [0, 0.1) is 22.9 Å². The summed E-state index contributed by atoms with van der Waals surface area (Å²) in [5.41, 5.74) is -1.64. The predicted octanol–water partition coefficient (Wildman–Crippen LogP) is 4.62. The molecule has 1 atom stereocenters. The Bertz CT molecular complexity index is 1380. The minimum atomic E-state index is -1.45. The van der Waals surface area contributed by atoms with Gasteiger partial charge in [0.2, 0.25) is 11.8 Å². The summed E-state index contributed by atoms with van der Waals surface area (Å²) in [5.74, 6) is -4.69. The molecule has 0 radical (unpaired) electrons. The third-order valence-corrected chi connectivity index (χ3v) is 5.92. The molecule has 1 saturated carbocycles. The Balaban J connectivity index is 1.43. The normalized spacial score (nSPS) is 14.2. The number of anilines is 3. The highest BCUT2D eigenvalue weighted by atomic mass is 19.1. The molecule has 0 bridgehead atoms. The number of amides is 3. The Morgan fingerprint density at radius 1 is 0.921 bits per heavy atom. The molecule has 38 heavy (non-hydrogen) atoms. The molecule has 12 heteroatoms. The summed E-state index contributed by atoms with van der Waals surface area (Å²) in [6.07, 6.45) is 0.985. The number of methoxy groups -OCH3 is 1. The van der Waals surface area contributed by atoms with Gasteiger partial charge in [0.15, 0.2) is 17.4 Å². The summed E-state index contributed by atoms with van der Waals surface area (Å²) in [5, 5.41) is 7.30. The van der Waals surface area contributed by atoms with Crippen molar-refractivity contribution >= 4 is 34.9 Å². The van der Waals surface area contributed by atoms with Crippen LogP contribution in [0.3, 0.4) is 0 Å². The van der Waals surface area contributed by atoms with Crippen LogP contribution in [0.15, 0.2) is 54.7 Å². The first kappa shape index (κ1) is 26.6. The fourth-order valence-corrected chi connectivity index (χ4v) is 3.42. The minimum Gasteiger partial charge on any atom is -0.454 e. The van der Waals surface area contributed by atoms with Crippen LogP contribution in [0.25, 0.3) is 0 Å². The molecule has 0 saturated heterocycles. The zero-order chi connectivity index (χ0) is 27.4. The van der Waals surface area contributed by atoms with Gasteiger partial charge in [0.05, 0.1) is 5.69 Å². The van der Waals surface area contributed by atoms with Crippen molar-refractivity contribution in [2.24, 2.45) is 5.41 Å². The zero-order valence-electron chi connectivity index (χ0n) is 20.3. The molecule has 1 aliphatic rings. The Hall–Kier alpha value is -4.45. The summed E-state index contributed by atoms with van der Waals surface area (Å²) in [4.78, 5) is 41.4. The highest BCUT2D eigenvalue weighted by molar-refractivity contribution is 6.16. The smallest absolute Gasteiger partial charge is 0.254 e. The van der Waals surface area contributed by atoms with E-state index in [9.17, 15) is 27.6 Å².